The molecule has 1 aliphatic carbocycles. The van der Waals surface area contributed by atoms with Crippen molar-refractivity contribution in [3.05, 3.63) is 65.7 Å². The quantitative estimate of drug-likeness (QED) is 0.431. The smallest absolute Gasteiger partial charge is 0.234 e. The summed E-state index contributed by atoms with van der Waals surface area (Å²) in [6.45, 7) is 3.99. The lowest BCUT2D eigenvalue weighted by atomic mass is 10.0. The summed E-state index contributed by atoms with van der Waals surface area (Å²) in [5, 5.41) is 14.5. The van der Waals surface area contributed by atoms with Crippen molar-refractivity contribution in [1.82, 2.24) is 15.2 Å². The molecule has 1 aliphatic rings. The highest BCUT2D eigenvalue weighted by atomic mass is 32.2. The van der Waals surface area contributed by atoms with Crippen molar-refractivity contribution in [3.63, 3.8) is 0 Å². The minimum absolute atomic E-state index is 0.0850. The van der Waals surface area contributed by atoms with Gasteiger partial charge in [0.05, 0.1) is 5.75 Å². The summed E-state index contributed by atoms with van der Waals surface area (Å²) in [6, 6.07) is 18.4. The number of aryl methyl sites for hydroxylation is 2. The molecule has 6 heteroatoms. The van der Waals surface area contributed by atoms with E-state index in [0.717, 1.165) is 39.3 Å². The number of nitrogens with one attached hydrogen (secondary N) is 1. The van der Waals surface area contributed by atoms with E-state index >= 15 is 0 Å². The normalized spacial score (nSPS) is 11.5. The lowest BCUT2D eigenvalue weighted by Gasteiger charge is -2.09. The summed E-state index contributed by atoms with van der Waals surface area (Å²) < 4.78 is 0. The number of hydrogen-bond acceptors (Lipinski definition) is 5. The molecule has 0 atom stereocenters. The molecule has 0 saturated carbocycles. The van der Waals surface area contributed by atoms with Crippen molar-refractivity contribution >= 4 is 34.1 Å². The standard InChI is InChI=1S/C23H18N4OS/c1-13-9-10-14(2)18(11-13)24-19(28)12-29-23-25-21-16-7-3-5-15-6-4-8-17(20(15)16)22(21)26-27-23/h3-11H,12H2,1-2H3,(H,24,28). The molecular weight excluding hydrogens is 380 g/mol. The molecule has 0 aliphatic heterocycles. The largest absolute Gasteiger partial charge is 0.325 e. The van der Waals surface area contributed by atoms with E-state index in [-0.39, 0.29) is 11.7 Å². The molecule has 3 aromatic carbocycles. The van der Waals surface area contributed by atoms with Crippen LogP contribution >= 0.6 is 11.8 Å². The topological polar surface area (TPSA) is 67.8 Å². The predicted molar refractivity (Wildman–Crippen MR) is 117 cm³/mol. The summed E-state index contributed by atoms with van der Waals surface area (Å²) in [7, 11) is 0. The number of aromatic nitrogens is 3. The van der Waals surface area contributed by atoms with Crippen molar-refractivity contribution in [3.8, 4) is 22.5 Å². The number of amides is 1. The number of anilines is 1. The summed E-state index contributed by atoms with van der Waals surface area (Å²) in [5.41, 5.74) is 6.77. The highest BCUT2D eigenvalue weighted by molar-refractivity contribution is 7.99. The number of benzene rings is 3. The average Bonchev–Trinajstić information content (AvgIpc) is 3.05. The Labute approximate surface area is 172 Å². The lowest BCUT2D eigenvalue weighted by Crippen LogP contribution is -2.15. The van der Waals surface area contributed by atoms with Crippen LogP contribution in [0.5, 0.6) is 0 Å². The number of nitrogens with zero attached hydrogens (tertiary/aromatic N) is 3. The second-order valence-corrected chi connectivity index (χ2v) is 8.10. The van der Waals surface area contributed by atoms with Gasteiger partial charge in [0.15, 0.2) is 0 Å². The molecule has 4 aromatic rings. The maximum absolute atomic E-state index is 12.4. The monoisotopic (exact) mass is 398 g/mol. The summed E-state index contributed by atoms with van der Waals surface area (Å²) in [5.74, 6) is 0.142. The molecule has 142 valence electrons. The average molecular weight is 398 g/mol. The Bertz CT molecular complexity index is 1280. The molecule has 0 saturated heterocycles. The van der Waals surface area contributed by atoms with Crippen LogP contribution in [-0.4, -0.2) is 26.8 Å². The first-order chi connectivity index (χ1) is 14.1. The lowest BCUT2D eigenvalue weighted by molar-refractivity contribution is -0.113. The summed E-state index contributed by atoms with van der Waals surface area (Å²) in [4.78, 5) is 17.1. The van der Waals surface area contributed by atoms with Crippen molar-refractivity contribution in [1.29, 1.82) is 0 Å². The van der Waals surface area contributed by atoms with Gasteiger partial charge in [-0.3, -0.25) is 4.79 Å². The van der Waals surface area contributed by atoms with Crippen molar-refractivity contribution in [2.24, 2.45) is 0 Å². The first kappa shape index (κ1) is 17.8. The molecule has 0 radical (unpaired) electrons. The van der Waals surface area contributed by atoms with E-state index in [0.29, 0.717) is 5.16 Å². The fraction of sp³-hybridized carbons (Fsp3) is 0.130. The minimum Gasteiger partial charge on any atom is -0.325 e. The molecule has 1 N–H and O–H groups in total. The van der Waals surface area contributed by atoms with E-state index in [4.69, 9.17) is 4.98 Å². The molecule has 1 amide bonds. The van der Waals surface area contributed by atoms with Crippen molar-refractivity contribution in [2.45, 2.75) is 19.0 Å². The van der Waals surface area contributed by atoms with Crippen LogP contribution in [0.4, 0.5) is 5.69 Å². The van der Waals surface area contributed by atoms with Gasteiger partial charge in [-0.1, -0.05) is 60.3 Å². The highest BCUT2D eigenvalue weighted by Gasteiger charge is 2.25. The van der Waals surface area contributed by atoms with Crippen LogP contribution in [0.15, 0.2) is 59.8 Å². The molecule has 5 nitrogen and oxygen atoms in total. The molecule has 1 heterocycles. The third-order valence-corrected chi connectivity index (χ3v) is 5.92. The van der Waals surface area contributed by atoms with Gasteiger partial charge in [-0.2, -0.15) is 0 Å². The fourth-order valence-electron chi connectivity index (χ4n) is 3.66. The van der Waals surface area contributed by atoms with Crippen LogP contribution in [0.3, 0.4) is 0 Å². The number of thioether (sulfide) groups is 1. The van der Waals surface area contributed by atoms with Crippen LogP contribution in [0.2, 0.25) is 0 Å². The Balaban J connectivity index is 1.36. The van der Waals surface area contributed by atoms with Crippen LogP contribution in [0.25, 0.3) is 33.3 Å². The van der Waals surface area contributed by atoms with E-state index in [2.05, 4.69) is 39.8 Å². The van der Waals surface area contributed by atoms with Gasteiger partial charge in [-0.05, 0) is 36.4 Å². The van der Waals surface area contributed by atoms with Crippen LogP contribution in [0, 0.1) is 13.8 Å². The molecule has 0 unspecified atom stereocenters. The maximum atomic E-state index is 12.4. The SMILES string of the molecule is Cc1ccc(C)c(NC(=O)CSc2nnc3c(n2)-c2cccc4cccc-3c24)c1. The van der Waals surface area contributed by atoms with Crippen molar-refractivity contribution in [2.75, 3.05) is 11.1 Å². The molecular formula is C23H18N4OS. The second kappa shape index (κ2) is 6.97. The fourth-order valence-corrected chi connectivity index (χ4v) is 4.25. The summed E-state index contributed by atoms with van der Waals surface area (Å²) in [6.07, 6.45) is 0. The highest BCUT2D eigenvalue weighted by Crippen LogP contribution is 2.44. The molecule has 0 bridgehead atoms. The first-order valence-corrected chi connectivity index (χ1v) is 10.4. The zero-order valence-corrected chi connectivity index (χ0v) is 16.9. The number of rotatable bonds is 4. The van der Waals surface area contributed by atoms with Gasteiger partial charge in [-0.25, -0.2) is 4.98 Å². The first-order valence-electron chi connectivity index (χ1n) is 9.37. The van der Waals surface area contributed by atoms with Gasteiger partial charge in [0.1, 0.15) is 11.4 Å². The van der Waals surface area contributed by atoms with Gasteiger partial charge < -0.3 is 5.32 Å². The zero-order valence-electron chi connectivity index (χ0n) is 16.1. The molecule has 5 rings (SSSR count). The summed E-state index contributed by atoms with van der Waals surface area (Å²) >= 11 is 1.30. The second-order valence-electron chi connectivity index (χ2n) is 7.16. The van der Waals surface area contributed by atoms with E-state index < -0.39 is 0 Å². The predicted octanol–water partition coefficient (Wildman–Crippen LogP) is 5.02. The third-order valence-electron chi connectivity index (χ3n) is 5.08. The number of carbonyl (C=O) groups excluding carboxylic acids is 1. The Morgan fingerprint density at radius 1 is 0.966 bits per heavy atom. The Morgan fingerprint density at radius 3 is 2.52 bits per heavy atom. The van der Waals surface area contributed by atoms with E-state index in [1.165, 1.54) is 22.5 Å². The van der Waals surface area contributed by atoms with Gasteiger partial charge in [0.25, 0.3) is 0 Å². The molecule has 1 aromatic heterocycles. The Morgan fingerprint density at radius 2 is 1.72 bits per heavy atom. The Hall–Kier alpha value is -3.25. The molecule has 0 fully saturated rings. The van der Waals surface area contributed by atoms with Crippen molar-refractivity contribution < 1.29 is 4.79 Å². The molecule has 29 heavy (non-hydrogen) atoms. The third kappa shape index (κ3) is 3.15. The zero-order chi connectivity index (χ0) is 20.0. The van der Waals surface area contributed by atoms with E-state index in [1.807, 2.05) is 44.2 Å². The maximum Gasteiger partial charge on any atom is 0.234 e. The Kier molecular flexibility index (Phi) is 4.28. The van der Waals surface area contributed by atoms with Gasteiger partial charge in [-0.15, -0.1) is 10.2 Å². The van der Waals surface area contributed by atoms with Crippen LogP contribution in [0.1, 0.15) is 11.1 Å². The van der Waals surface area contributed by atoms with E-state index in [9.17, 15) is 4.79 Å². The number of fused-ring (bicyclic) bond motifs is 3. The van der Waals surface area contributed by atoms with Crippen LogP contribution in [-0.2, 0) is 4.79 Å². The number of hydrogen-bond donors (Lipinski definition) is 1. The van der Waals surface area contributed by atoms with Gasteiger partial charge in [0, 0.05) is 22.2 Å². The van der Waals surface area contributed by atoms with Gasteiger partial charge >= 0.3 is 0 Å². The number of carbonyl (C=O) groups is 1. The van der Waals surface area contributed by atoms with Crippen LogP contribution < -0.4 is 5.32 Å². The van der Waals surface area contributed by atoms with E-state index in [1.54, 1.807) is 0 Å². The minimum atomic E-state index is -0.0850. The van der Waals surface area contributed by atoms with Gasteiger partial charge in [0.2, 0.25) is 11.1 Å². The molecule has 0 spiro atoms.